The molecule has 0 bridgehead atoms. The van der Waals surface area contributed by atoms with Crippen LogP contribution in [0.25, 0.3) is 0 Å². The second-order valence-corrected chi connectivity index (χ2v) is 4.67. The van der Waals surface area contributed by atoms with Gasteiger partial charge in [0.05, 0.1) is 12.1 Å². The Hall–Kier alpha value is -0.590. The summed E-state index contributed by atoms with van der Waals surface area (Å²) in [6, 6.07) is -0.161. The van der Waals surface area contributed by atoms with Crippen LogP contribution in [0.15, 0.2) is 4.52 Å². The van der Waals surface area contributed by atoms with Gasteiger partial charge in [0.2, 0.25) is 5.89 Å². The molecule has 2 N–H and O–H groups in total. The Morgan fingerprint density at radius 1 is 1.56 bits per heavy atom. The lowest BCUT2D eigenvalue weighted by molar-refractivity contribution is 0.116. The molecule has 16 heavy (non-hydrogen) atoms. The molecule has 1 aromatic rings. The van der Waals surface area contributed by atoms with Crippen molar-refractivity contribution in [1.82, 2.24) is 10.1 Å². The molecule has 2 atom stereocenters. The van der Waals surface area contributed by atoms with Crippen molar-refractivity contribution in [2.75, 3.05) is 19.1 Å². The Labute approximate surface area is 100 Å². The van der Waals surface area contributed by atoms with Crippen LogP contribution in [0, 0.1) is 0 Å². The van der Waals surface area contributed by atoms with Crippen LogP contribution >= 0.6 is 11.8 Å². The van der Waals surface area contributed by atoms with Gasteiger partial charge in [-0.25, -0.2) is 0 Å². The maximum Gasteiger partial charge on any atom is 0.243 e. The van der Waals surface area contributed by atoms with Gasteiger partial charge in [-0.15, -0.1) is 0 Å². The van der Waals surface area contributed by atoms with E-state index in [0.29, 0.717) is 18.1 Å². The lowest BCUT2D eigenvalue weighted by Gasteiger charge is -2.05. The molecule has 0 aromatic carbocycles. The molecular formula is C10H19N3O2S. The van der Waals surface area contributed by atoms with Crippen LogP contribution in [-0.4, -0.2) is 35.4 Å². The molecule has 0 radical (unpaired) electrons. The standard InChI is InChI=1S/C10H19N3O2S/c1-7(14-2)6-9-12-10(15-13-9)8(11)4-5-16-3/h7-8H,4-6,11H2,1-3H3/t7?,8-/m1/s1. The Morgan fingerprint density at radius 3 is 2.94 bits per heavy atom. The molecule has 0 fully saturated rings. The lowest BCUT2D eigenvalue weighted by Crippen LogP contribution is -2.13. The zero-order valence-corrected chi connectivity index (χ0v) is 10.8. The minimum atomic E-state index is -0.161. The molecule has 0 saturated heterocycles. The summed E-state index contributed by atoms with van der Waals surface area (Å²) >= 11 is 1.76. The van der Waals surface area contributed by atoms with Crippen molar-refractivity contribution < 1.29 is 9.26 Å². The number of nitrogens with two attached hydrogens (primary N) is 1. The van der Waals surface area contributed by atoms with Crippen LogP contribution in [-0.2, 0) is 11.2 Å². The molecule has 92 valence electrons. The van der Waals surface area contributed by atoms with E-state index in [4.69, 9.17) is 15.0 Å². The van der Waals surface area contributed by atoms with Gasteiger partial charge in [0.1, 0.15) is 0 Å². The van der Waals surface area contributed by atoms with E-state index < -0.39 is 0 Å². The molecule has 0 spiro atoms. The van der Waals surface area contributed by atoms with Crippen LogP contribution in [0.2, 0.25) is 0 Å². The van der Waals surface area contributed by atoms with E-state index in [1.807, 2.05) is 13.2 Å². The number of hydrogen-bond acceptors (Lipinski definition) is 6. The van der Waals surface area contributed by atoms with E-state index in [0.717, 1.165) is 12.2 Å². The summed E-state index contributed by atoms with van der Waals surface area (Å²) in [6.45, 7) is 1.96. The van der Waals surface area contributed by atoms with Crippen LogP contribution in [0.5, 0.6) is 0 Å². The Balaban J connectivity index is 2.50. The highest BCUT2D eigenvalue weighted by Gasteiger charge is 2.15. The molecule has 0 aliphatic rings. The van der Waals surface area contributed by atoms with Crippen molar-refractivity contribution in [2.24, 2.45) is 5.73 Å². The lowest BCUT2D eigenvalue weighted by atomic mass is 10.2. The topological polar surface area (TPSA) is 74.2 Å². The highest BCUT2D eigenvalue weighted by atomic mass is 32.2. The first kappa shape index (κ1) is 13.5. The van der Waals surface area contributed by atoms with Crippen molar-refractivity contribution in [1.29, 1.82) is 0 Å². The number of hydrogen-bond donors (Lipinski definition) is 1. The average molecular weight is 245 g/mol. The molecule has 0 amide bonds. The van der Waals surface area contributed by atoms with Gasteiger partial charge in [0.15, 0.2) is 5.82 Å². The first-order valence-corrected chi connectivity index (χ1v) is 6.66. The van der Waals surface area contributed by atoms with Crippen molar-refractivity contribution in [3.05, 3.63) is 11.7 Å². The van der Waals surface area contributed by atoms with E-state index in [9.17, 15) is 0 Å². The highest BCUT2D eigenvalue weighted by Crippen LogP contribution is 2.14. The quantitative estimate of drug-likeness (QED) is 0.782. The van der Waals surface area contributed by atoms with E-state index in [1.54, 1.807) is 18.9 Å². The summed E-state index contributed by atoms with van der Waals surface area (Å²) in [5.41, 5.74) is 5.92. The second-order valence-electron chi connectivity index (χ2n) is 3.69. The van der Waals surface area contributed by atoms with E-state index in [-0.39, 0.29) is 12.1 Å². The molecule has 1 heterocycles. The molecule has 0 saturated carbocycles. The van der Waals surface area contributed by atoms with Gasteiger partial charge in [-0.3, -0.25) is 0 Å². The zero-order chi connectivity index (χ0) is 12.0. The van der Waals surface area contributed by atoms with Gasteiger partial charge in [-0.05, 0) is 25.4 Å². The number of ether oxygens (including phenoxy) is 1. The predicted molar refractivity (Wildman–Crippen MR) is 64.4 cm³/mol. The Kier molecular flexibility index (Phi) is 5.79. The first-order valence-electron chi connectivity index (χ1n) is 5.27. The largest absolute Gasteiger partial charge is 0.381 e. The third-order valence-electron chi connectivity index (χ3n) is 2.31. The van der Waals surface area contributed by atoms with Crippen LogP contribution < -0.4 is 5.73 Å². The Morgan fingerprint density at radius 2 is 2.31 bits per heavy atom. The van der Waals surface area contributed by atoms with E-state index in [2.05, 4.69) is 10.1 Å². The van der Waals surface area contributed by atoms with Gasteiger partial charge in [0.25, 0.3) is 0 Å². The normalized spacial score (nSPS) is 15.0. The summed E-state index contributed by atoms with van der Waals surface area (Å²) in [4.78, 5) is 4.26. The molecular weight excluding hydrogens is 226 g/mol. The predicted octanol–water partition coefficient (Wildman–Crippen LogP) is 1.40. The molecule has 1 aromatic heterocycles. The zero-order valence-electron chi connectivity index (χ0n) is 9.97. The molecule has 0 aliphatic carbocycles. The summed E-state index contributed by atoms with van der Waals surface area (Å²) < 4.78 is 10.3. The third-order valence-corrected chi connectivity index (χ3v) is 2.95. The number of rotatable bonds is 7. The number of thioether (sulfide) groups is 1. The maximum atomic E-state index is 5.92. The molecule has 0 aliphatic heterocycles. The molecule has 1 unspecified atom stereocenters. The summed E-state index contributed by atoms with van der Waals surface area (Å²) in [5.74, 6) is 2.17. The average Bonchev–Trinajstić information content (AvgIpc) is 2.74. The number of aromatic nitrogens is 2. The van der Waals surface area contributed by atoms with Gasteiger partial charge < -0.3 is 15.0 Å². The second kappa shape index (κ2) is 6.88. The van der Waals surface area contributed by atoms with E-state index in [1.165, 1.54) is 0 Å². The van der Waals surface area contributed by atoms with Gasteiger partial charge in [-0.1, -0.05) is 5.16 Å². The summed E-state index contributed by atoms with van der Waals surface area (Å²) in [5, 5.41) is 3.88. The van der Waals surface area contributed by atoms with E-state index >= 15 is 0 Å². The Bertz CT molecular complexity index is 306. The monoisotopic (exact) mass is 245 g/mol. The minimum Gasteiger partial charge on any atom is -0.381 e. The van der Waals surface area contributed by atoms with Crippen molar-refractivity contribution in [2.45, 2.75) is 31.9 Å². The van der Waals surface area contributed by atoms with Crippen LogP contribution in [0.1, 0.15) is 31.1 Å². The van der Waals surface area contributed by atoms with Gasteiger partial charge in [-0.2, -0.15) is 16.7 Å². The van der Waals surface area contributed by atoms with Crippen LogP contribution in [0.4, 0.5) is 0 Å². The molecule has 1 rings (SSSR count). The fraction of sp³-hybridized carbons (Fsp3) is 0.800. The number of nitrogens with zero attached hydrogens (tertiary/aromatic N) is 2. The molecule has 6 heteroatoms. The third kappa shape index (κ3) is 4.11. The highest BCUT2D eigenvalue weighted by molar-refractivity contribution is 7.98. The fourth-order valence-corrected chi connectivity index (χ4v) is 1.70. The summed E-state index contributed by atoms with van der Waals surface area (Å²) in [6.07, 6.45) is 3.64. The smallest absolute Gasteiger partial charge is 0.243 e. The van der Waals surface area contributed by atoms with Crippen molar-refractivity contribution >= 4 is 11.8 Å². The minimum absolute atomic E-state index is 0.0906. The van der Waals surface area contributed by atoms with Gasteiger partial charge >= 0.3 is 0 Å². The summed E-state index contributed by atoms with van der Waals surface area (Å²) in [7, 11) is 1.66. The van der Waals surface area contributed by atoms with Crippen molar-refractivity contribution in [3.8, 4) is 0 Å². The van der Waals surface area contributed by atoms with Crippen LogP contribution in [0.3, 0.4) is 0 Å². The van der Waals surface area contributed by atoms with Gasteiger partial charge in [0, 0.05) is 13.5 Å². The SMILES string of the molecule is COC(C)Cc1noc([C@H](N)CCSC)n1. The molecule has 5 nitrogen and oxygen atoms in total. The fourth-order valence-electron chi connectivity index (χ4n) is 1.21. The first-order chi connectivity index (χ1) is 7.67. The number of methoxy groups -OCH3 is 1. The maximum absolute atomic E-state index is 5.92. The van der Waals surface area contributed by atoms with Crippen molar-refractivity contribution in [3.63, 3.8) is 0 Å².